The summed E-state index contributed by atoms with van der Waals surface area (Å²) < 4.78 is 11.8. The molecule has 0 aromatic heterocycles. The van der Waals surface area contributed by atoms with Crippen LogP contribution < -0.4 is 5.32 Å². The standard InChI is InChI=1S/C21H33NO4Si/c1-14(20(24)25-13-16-11-9-8-10-12-16)18-17(19(23)22-18)15(2)26-27(6,7)21(3,4)5/h8-12,14-15,17-18H,13H2,1-7H3,(H,22,23)/t14-,15+,17-,18-/m1/s1. The normalized spacial score (nSPS) is 22.4. The van der Waals surface area contributed by atoms with E-state index >= 15 is 0 Å². The lowest BCUT2D eigenvalue weighted by Gasteiger charge is -2.46. The highest BCUT2D eigenvalue weighted by Gasteiger charge is 2.50. The lowest BCUT2D eigenvalue weighted by atomic mass is 9.79. The Kier molecular flexibility index (Phi) is 6.53. The molecule has 4 atom stereocenters. The summed E-state index contributed by atoms with van der Waals surface area (Å²) in [5.74, 6) is -1.08. The summed E-state index contributed by atoms with van der Waals surface area (Å²) in [4.78, 5) is 24.7. The molecule has 0 aliphatic carbocycles. The monoisotopic (exact) mass is 391 g/mol. The zero-order valence-electron chi connectivity index (χ0n) is 17.5. The van der Waals surface area contributed by atoms with Crippen LogP contribution in [-0.2, 0) is 25.4 Å². The topological polar surface area (TPSA) is 64.6 Å². The van der Waals surface area contributed by atoms with Crippen LogP contribution in [0.4, 0.5) is 0 Å². The second-order valence-electron chi connectivity index (χ2n) is 9.03. The largest absolute Gasteiger partial charge is 0.461 e. The number of rotatable bonds is 7. The van der Waals surface area contributed by atoms with Gasteiger partial charge in [-0.25, -0.2) is 0 Å². The number of carbonyl (C=O) groups is 2. The van der Waals surface area contributed by atoms with Crippen molar-refractivity contribution in [1.29, 1.82) is 0 Å². The Morgan fingerprint density at radius 1 is 1.19 bits per heavy atom. The van der Waals surface area contributed by atoms with E-state index in [1.807, 2.05) is 44.2 Å². The molecule has 5 nitrogen and oxygen atoms in total. The Balaban J connectivity index is 1.96. The lowest BCUT2D eigenvalue weighted by Crippen LogP contribution is -2.66. The highest BCUT2D eigenvalue weighted by atomic mass is 28.4. The van der Waals surface area contributed by atoms with Gasteiger partial charge in [0.25, 0.3) is 0 Å². The van der Waals surface area contributed by atoms with Gasteiger partial charge in [0, 0.05) is 0 Å². The number of hydrogen-bond donors (Lipinski definition) is 1. The van der Waals surface area contributed by atoms with Crippen molar-refractivity contribution in [3.63, 3.8) is 0 Å². The first-order valence-corrected chi connectivity index (χ1v) is 12.5. The fourth-order valence-electron chi connectivity index (χ4n) is 3.08. The van der Waals surface area contributed by atoms with Gasteiger partial charge in [0.2, 0.25) is 5.91 Å². The molecule has 0 spiro atoms. The van der Waals surface area contributed by atoms with Gasteiger partial charge in [-0.3, -0.25) is 9.59 Å². The first-order chi connectivity index (χ1) is 12.4. The molecule has 6 heteroatoms. The average molecular weight is 392 g/mol. The second kappa shape index (κ2) is 8.15. The lowest BCUT2D eigenvalue weighted by molar-refractivity contribution is -0.156. The molecule has 27 heavy (non-hydrogen) atoms. The average Bonchev–Trinajstić information content (AvgIpc) is 2.56. The molecular weight excluding hydrogens is 358 g/mol. The zero-order valence-corrected chi connectivity index (χ0v) is 18.5. The number of ether oxygens (including phenoxy) is 1. The minimum absolute atomic E-state index is 0.0473. The predicted molar refractivity (Wildman–Crippen MR) is 109 cm³/mol. The van der Waals surface area contributed by atoms with Crippen molar-refractivity contribution in [1.82, 2.24) is 5.32 Å². The smallest absolute Gasteiger partial charge is 0.311 e. The number of β-lactam (4-membered cyclic amide) rings is 1. The molecule has 1 fully saturated rings. The Morgan fingerprint density at radius 2 is 1.78 bits per heavy atom. The van der Waals surface area contributed by atoms with Crippen molar-refractivity contribution in [2.75, 3.05) is 0 Å². The SMILES string of the molecule is C[C@H](O[Si](C)(C)C(C)(C)C)[C@H]1C(=O)N[C@@H]1[C@@H](C)C(=O)OCc1ccccc1. The third-order valence-corrected chi connectivity index (χ3v) is 10.5. The van der Waals surface area contributed by atoms with Gasteiger partial charge in [-0.05, 0) is 37.5 Å². The molecule has 1 aromatic rings. The minimum atomic E-state index is -1.99. The van der Waals surface area contributed by atoms with E-state index in [1.165, 1.54) is 0 Å². The fourth-order valence-corrected chi connectivity index (χ4v) is 4.51. The zero-order chi connectivity index (χ0) is 20.4. The van der Waals surface area contributed by atoms with Crippen molar-refractivity contribution < 1.29 is 18.8 Å². The van der Waals surface area contributed by atoms with Gasteiger partial charge < -0.3 is 14.5 Å². The van der Waals surface area contributed by atoms with E-state index < -0.39 is 14.2 Å². The van der Waals surface area contributed by atoms with E-state index in [0.717, 1.165) is 5.56 Å². The maximum atomic E-state index is 12.5. The van der Waals surface area contributed by atoms with Crippen molar-refractivity contribution in [2.24, 2.45) is 11.8 Å². The molecule has 0 unspecified atom stereocenters. The number of nitrogens with one attached hydrogen (secondary N) is 1. The number of carbonyl (C=O) groups excluding carboxylic acids is 2. The van der Waals surface area contributed by atoms with Crippen molar-refractivity contribution >= 4 is 20.2 Å². The quantitative estimate of drug-likeness (QED) is 0.435. The molecule has 150 valence electrons. The van der Waals surface area contributed by atoms with Gasteiger partial charge in [0.15, 0.2) is 8.32 Å². The van der Waals surface area contributed by atoms with Crippen LogP contribution in [0.25, 0.3) is 0 Å². The van der Waals surface area contributed by atoms with Crippen LogP contribution in [-0.4, -0.2) is 32.3 Å². The molecule has 1 aliphatic heterocycles. The fraction of sp³-hybridized carbons (Fsp3) is 0.619. The molecule has 1 aliphatic rings. The summed E-state index contributed by atoms with van der Waals surface area (Å²) in [6.07, 6.45) is -0.228. The van der Waals surface area contributed by atoms with Crippen molar-refractivity contribution in [3.05, 3.63) is 35.9 Å². The number of hydrogen-bond acceptors (Lipinski definition) is 4. The van der Waals surface area contributed by atoms with Crippen LogP contribution in [0, 0.1) is 11.8 Å². The third-order valence-electron chi connectivity index (χ3n) is 5.93. The second-order valence-corrected chi connectivity index (χ2v) is 13.8. The van der Waals surface area contributed by atoms with Crippen LogP contribution in [0.15, 0.2) is 30.3 Å². The minimum Gasteiger partial charge on any atom is -0.461 e. The van der Waals surface area contributed by atoms with Gasteiger partial charge in [0.05, 0.1) is 24.0 Å². The Morgan fingerprint density at radius 3 is 2.30 bits per heavy atom. The van der Waals surface area contributed by atoms with Crippen LogP contribution in [0.2, 0.25) is 18.1 Å². The summed E-state index contributed by atoms with van der Waals surface area (Å²) in [7, 11) is -1.99. The van der Waals surface area contributed by atoms with Gasteiger partial charge in [-0.15, -0.1) is 0 Å². The summed E-state index contributed by atoms with van der Waals surface area (Å²) >= 11 is 0. The van der Waals surface area contributed by atoms with Gasteiger partial charge in [0.1, 0.15) is 6.61 Å². The molecule has 1 N–H and O–H groups in total. The summed E-state index contributed by atoms with van der Waals surface area (Å²) in [5.41, 5.74) is 0.946. The van der Waals surface area contributed by atoms with E-state index in [2.05, 4.69) is 39.2 Å². The number of amides is 1. The van der Waals surface area contributed by atoms with E-state index in [4.69, 9.17) is 9.16 Å². The number of esters is 1. The van der Waals surface area contributed by atoms with Gasteiger partial charge in [-0.1, -0.05) is 51.1 Å². The molecular formula is C21H33NO4Si. The van der Waals surface area contributed by atoms with Crippen LogP contribution >= 0.6 is 0 Å². The summed E-state index contributed by atoms with van der Waals surface area (Å²) in [6, 6.07) is 9.33. The van der Waals surface area contributed by atoms with Crippen LogP contribution in [0.1, 0.15) is 40.2 Å². The Bertz CT molecular complexity index is 669. The van der Waals surface area contributed by atoms with Gasteiger partial charge >= 0.3 is 5.97 Å². The Labute approximate surface area is 164 Å². The van der Waals surface area contributed by atoms with E-state index in [-0.39, 0.29) is 41.6 Å². The van der Waals surface area contributed by atoms with E-state index in [1.54, 1.807) is 0 Å². The molecule has 1 aromatic carbocycles. The first-order valence-electron chi connectivity index (χ1n) is 9.63. The van der Waals surface area contributed by atoms with Crippen molar-refractivity contribution in [3.8, 4) is 0 Å². The molecule has 1 amide bonds. The van der Waals surface area contributed by atoms with Crippen molar-refractivity contribution in [2.45, 2.75) is 71.5 Å². The Hall–Kier alpha value is -1.66. The first kappa shape index (κ1) is 21.6. The van der Waals surface area contributed by atoms with Crippen LogP contribution in [0.5, 0.6) is 0 Å². The highest BCUT2D eigenvalue weighted by Crippen LogP contribution is 2.39. The molecule has 1 heterocycles. The molecule has 2 rings (SSSR count). The molecule has 0 saturated carbocycles. The van der Waals surface area contributed by atoms with E-state index in [9.17, 15) is 9.59 Å². The molecule has 1 saturated heterocycles. The maximum Gasteiger partial charge on any atom is 0.311 e. The summed E-state index contributed by atoms with van der Waals surface area (Å²) in [5, 5.41) is 2.94. The van der Waals surface area contributed by atoms with Gasteiger partial charge in [-0.2, -0.15) is 0 Å². The summed E-state index contributed by atoms with van der Waals surface area (Å²) in [6.45, 7) is 14.9. The van der Waals surface area contributed by atoms with Crippen LogP contribution in [0.3, 0.4) is 0 Å². The highest BCUT2D eigenvalue weighted by molar-refractivity contribution is 6.74. The number of benzene rings is 1. The molecule has 0 radical (unpaired) electrons. The third kappa shape index (κ3) is 4.99. The molecule has 0 bridgehead atoms. The van der Waals surface area contributed by atoms with E-state index in [0.29, 0.717) is 0 Å². The predicted octanol–water partition coefficient (Wildman–Crippen LogP) is 3.89. The maximum absolute atomic E-state index is 12.5.